The first-order valence-electron chi connectivity index (χ1n) is 8.40. The number of nitrogens with one attached hydrogen (secondary N) is 1. The predicted octanol–water partition coefficient (Wildman–Crippen LogP) is 4.69. The van der Waals surface area contributed by atoms with Crippen LogP contribution < -0.4 is 14.8 Å². The monoisotopic (exact) mass is 393 g/mol. The van der Waals surface area contributed by atoms with Crippen LogP contribution in [0.15, 0.2) is 42.5 Å². The maximum atomic E-state index is 12.0. The lowest BCUT2D eigenvalue weighted by Crippen LogP contribution is -2.24. The van der Waals surface area contributed by atoms with Gasteiger partial charge in [-0.2, -0.15) is 0 Å². The third-order valence-corrected chi connectivity index (χ3v) is 4.75. The van der Waals surface area contributed by atoms with Crippen molar-refractivity contribution in [3.63, 3.8) is 0 Å². The van der Waals surface area contributed by atoms with Crippen molar-refractivity contribution in [3.8, 4) is 11.5 Å². The van der Waals surface area contributed by atoms with Gasteiger partial charge in [0.15, 0.2) is 11.5 Å². The lowest BCUT2D eigenvalue weighted by Gasteiger charge is -2.14. The van der Waals surface area contributed by atoms with E-state index in [1.807, 2.05) is 56.3 Å². The number of carbonyl (C=O) groups excluding carboxylic acids is 1. The van der Waals surface area contributed by atoms with Gasteiger partial charge in [0.25, 0.3) is 0 Å². The van der Waals surface area contributed by atoms with E-state index >= 15 is 0 Å². The van der Waals surface area contributed by atoms with E-state index in [9.17, 15) is 4.79 Å². The fourth-order valence-corrected chi connectivity index (χ4v) is 3.21. The minimum atomic E-state index is 0.00503. The molecule has 140 valence electrons. The molecular formula is C20H24ClNO3S. The smallest absolute Gasteiger partial charge is 0.230 e. The van der Waals surface area contributed by atoms with Crippen molar-refractivity contribution in [1.29, 1.82) is 0 Å². The van der Waals surface area contributed by atoms with Gasteiger partial charge in [0.05, 0.1) is 19.0 Å². The van der Waals surface area contributed by atoms with Crippen molar-refractivity contribution in [2.75, 3.05) is 12.9 Å². The number of ether oxygens (including phenoxy) is 2. The summed E-state index contributed by atoms with van der Waals surface area (Å²) in [6.45, 7) is 4.39. The molecule has 1 amide bonds. The Hall–Kier alpha value is -1.85. The number of thioether (sulfide) groups is 1. The summed E-state index contributed by atoms with van der Waals surface area (Å²) in [5.74, 6) is 2.57. The Labute approximate surface area is 164 Å². The molecule has 6 heteroatoms. The van der Waals surface area contributed by atoms with Gasteiger partial charge in [-0.25, -0.2) is 0 Å². The van der Waals surface area contributed by atoms with Gasteiger partial charge in [-0.05, 0) is 49.2 Å². The third-order valence-electron chi connectivity index (χ3n) is 3.50. The van der Waals surface area contributed by atoms with Crippen molar-refractivity contribution in [2.45, 2.75) is 32.2 Å². The van der Waals surface area contributed by atoms with Gasteiger partial charge >= 0.3 is 0 Å². The number of carbonyl (C=O) groups is 1. The number of methoxy groups -OCH3 is 1. The fraction of sp³-hybridized carbons (Fsp3) is 0.350. The zero-order valence-electron chi connectivity index (χ0n) is 15.3. The van der Waals surface area contributed by atoms with Crippen LogP contribution in [0.25, 0.3) is 0 Å². The molecular weight excluding hydrogens is 370 g/mol. The van der Waals surface area contributed by atoms with E-state index in [0.717, 1.165) is 21.9 Å². The van der Waals surface area contributed by atoms with Gasteiger partial charge in [-0.3, -0.25) is 4.79 Å². The van der Waals surface area contributed by atoms with Gasteiger partial charge < -0.3 is 14.8 Å². The molecule has 0 aromatic heterocycles. The second-order valence-corrected chi connectivity index (χ2v) is 7.47. The Balaban J connectivity index is 1.78. The van der Waals surface area contributed by atoms with Crippen LogP contribution in [-0.4, -0.2) is 24.9 Å². The van der Waals surface area contributed by atoms with Crippen molar-refractivity contribution >= 4 is 29.3 Å². The van der Waals surface area contributed by atoms with Crippen molar-refractivity contribution < 1.29 is 14.3 Å². The third kappa shape index (κ3) is 6.81. The SMILES string of the molecule is COc1cc(CNC(=O)CSCc2ccc(Cl)cc2)ccc1OC(C)C. The maximum absolute atomic E-state index is 12.0. The largest absolute Gasteiger partial charge is 0.493 e. The number of halogens is 1. The number of rotatable bonds is 9. The standard InChI is InChI=1S/C20H24ClNO3S/c1-14(2)25-18-9-6-16(10-19(18)24-3)11-22-20(23)13-26-12-15-4-7-17(21)8-5-15/h4-10,14H,11-13H2,1-3H3,(H,22,23). The molecule has 1 N–H and O–H groups in total. The normalized spacial score (nSPS) is 10.7. The first-order valence-corrected chi connectivity index (χ1v) is 9.93. The van der Waals surface area contributed by atoms with Crippen LogP contribution in [-0.2, 0) is 17.1 Å². The van der Waals surface area contributed by atoms with Crippen molar-refractivity contribution in [2.24, 2.45) is 0 Å². The Morgan fingerprint density at radius 1 is 1.12 bits per heavy atom. The zero-order valence-corrected chi connectivity index (χ0v) is 16.8. The highest BCUT2D eigenvalue weighted by atomic mass is 35.5. The van der Waals surface area contributed by atoms with E-state index in [0.29, 0.717) is 23.8 Å². The minimum Gasteiger partial charge on any atom is -0.493 e. The zero-order chi connectivity index (χ0) is 18.9. The molecule has 26 heavy (non-hydrogen) atoms. The number of amides is 1. The molecule has 0 aliphatic carbocycles. The molecule has 2 aromatic carbocycles. The van der Waals surface area contributed by atoms with E-state index < -0.39 is 0 Å². The summed E-state index contributed by atoms with van der Waals surface area (Å²) in [5, 5.41) is 3.65. The van der Waals surface area contributed by atoms with E-state index in [1.165, 1.54) is 0 Å². The molecule has 0 atom stereocenters. The highest BCUT2D eigenvalue weighted by Crippen LogP contribution is 2.29. The van der Waals surface area contributed by atoms with Crippen LogP contribution in [0.1, 0.15) is 25.0 Å². The molecule has 0 radical (unpaired) electrons. The maximum Gasteiger partial charge on any atom is 0.230 e. The first-order chi connectivity index (χ1) is 12.5. The molecule has 0 saturated heterocycles. The van der Waals surface area contributed by atoms with Gasteiger partial charge in [0.1, 0.15) is 0 Å². The second-order valence-electron chi connectivity index (χ2n) is 6.05. The summed E-state index contributed by atoms with van der Waals surface area (Å²) in [6.07, 6.45) is 0.0760. The fourth-order valence-electron chi connectivity index (χ4n) is 2.27. The Morgan fingerprint density at radius 3 is 2.46 bits per heavy atom. The van der Waals surface area contributed by atoms with Crippen LogP contribution in [0.4, 0.5) is 0 Å². The van der Waals surface area contributed by atoms with E-state index in [1.54, 1.807) is 18.9 Å². The summed E-state index contributed by atoms with van der Waals surface area (Å²) >= 11 is 7.44. The first kappa shape index (κ1) is 20.5. The molecule has 0 aliphatic heterocycles. The predicted molar refractivity (Wildman–Crippen MR) is 108 cm³/mol. The Morgan fingerprint density at radius 2 is 1.81 bits per heavy atom. The van der Waals surface area contributed by atoms with Gasteiger partial charge in [0, 0.05) is 17.3 Å². The quantitative estimate of drug-likeness (QED) is 0.671. The molecule has 2 rings (SSSR count). The number of hydrogen-bond donors (Lipinski definition) is 1. The highest BCUT2D eigenvalue weighted by Gasteiger charge is 2.08. The average Bonchev–Trinajstić information content (AvgIpc) is 2.62. The molecule has 0 aliphatic rings. The molecule has 4 nitrogen and oxygen atoms in total. The molecule has 0 spiro atoms. The summed E-state index contributed by atoms with van der Waals surface area (Å²) in [7, 11) is 1.61. The molecule has 0 unspecified atom stereocenters. The van der Waals surface area contributed by atoms with Crippen LogP contribution in [0, 0.1) is 0 Å². The van der Waals surface area contributed by atoms with Crippen molar-refractivity contribution in [1.82, 2.24) is 5.32 Å². The van der Waals surface area contributed by atoms with E-state index in [4.69, 9.17) is 21.1 Å². The minimum absolute atomic E-state index is 0.00503. The lowest BCUT2D eigenvalue weighted by molar-refractivity contribution is -0.118. The Kier molecular flexibility index (Phi) is 8.13. The molecule has 0 bridgehead atoms. The van der Waals surface area contributed by atoms with Crippen LogP contribution in [0.3, 0.4) is 0 Å². The molecule has 0 heterocycles. The highest BCUT2D eigenvalue weighted by molar-refractivity contribution is 7.99. The van der Waals surface area contributed by atoms with Crippen LogP contribution in [0.2, 0.25) is 5.02 Å². The van der Waals surface area contributed by atoms with E-state index in [2.05, 4.69) is 5.32 Å². The molecule has 2 aromatic rings. The van der Waals surface area contributed by atoms with Gasteiger partial charge in [0.2, 0.25) is 5.91 Å². The van der Waals surface area contributed by atoms with E-state index in [-0.39, 0.29) is 12.0 Å². The lowest BCUT2D eigenvalue weighted by atomic mass is 10.2. The number of benzene rings is 2. The molecule has 0 fully saturated rings. The topological polar surface area (TPSA) is 47.6 Å². The van der Waals surface area contributed by atoms with Gasteiger partial charge in [-0.15, -0.1) is 11.8 Å². The second kappa shape index (κ2) is 10.3. The number of hydrogen-bond acceptors (Lipinski definition) is 4. The Bertz CT molecular complexity index is 719. The summed E-state index contributed by atoms with van der Waals surface area (Å²) in [6, 6.07) is 13.4. The van der Waals surface area contributed by atoms with Crippen LogP contribution >= 0.6 is 23.4 Å². The van der Waals surface area contributed by atoms with Gasteiger partial charge in [-0.1, -0.05) is 29.8 Å². The van der Waals surface area contributed by atoms with Crippen LogP contribution in [0.5, 0.6) is 11.5 Å². The summed E-state index contributed by atoms with van der Waals surface area (Å²) in [5.41, 5.74) is 2.12. The summed E-state index contributed by atoms with van der Waals surface area (Å²) < 4.78 is 11.1. The average molecular weight is 394 g/mol. The summed E-state index contributed by atoms with van der Waals surface area (Å²) in [4.78, 5) is 12.0. The molecule has 0 saturated carbocycles. The van der Waals surface area contributed by atoms with Crippen molar-refractivity contribution in [3.05, 3.63) is 58.6 Å².